The molecule has 0 fully saturated rings. The standard InChI is InChI=1S/C13H10BF/c1-9-7-11(5-6-13(9)14)10-3-2-4-12(15)8-10/h2-8H,1H3. The van der Waals surface area contributed by atoms with Crippen LogP contribution in [0.1, 0.15) is 5.56 Å². The molecule has 2 aromatic carbocycles. The Labute approximate surface area is 90.2 Å². The number of halogens is 1. The lowest BCUT2D eigenvalue weighted by Gasteiger charge is -2.05. The summed E-state index contributed by atoms with van der Waals surface area (Å²) >= 11 is 0. The van der Waals surface area contributed by atoms with Gasteiger partial charge in [-0.3, -0.25) is 0 Å². The topological polar surface area (TPSA) is 0 Å². The first-order valence-electron chi connectivity index (χ1n) is 4.79. The van der Waals surface area contributed by atoms with Crippen LogP contribution in [0.15, 0.2) is 42.5 Å². The minimum Gasteiger partial charge on any atom is -0.207 e. The third kappa shape index (κ3) is 2.09. The van der Waals surface area contributed by atoms with Crippen LogP contribution in [0.2, 0.25) is 0 Å². The van der Waals surface area contributed by atoms with Crippen molar-refractivity contribution < 1.29 is 4.39 Å². The van der Waals surface area contributed by atoms with Crippen LogP contribution in [-0.2, 0) is 0 Å². The second-order valence-corrected chi connectivity index (χ2v) is 3.58. The molecular weight excluding hydrogens is 186 g/mol. The van der Waals surface area contributed by atoms with Crippen molar-refractivity contribution >= 4 is 13.3 Å². The summed E-state index contributed by atoms with van der Waals surface area (Å²) in [6, 6.07) is 12.2. The van der Waals surface area contributed by atoms with E-state index in [1.807, 2.05) is 31.2 Å². The van der Waals surface area contributed by atoms with Crippen LogP contribution in [0.5, 0.6) is 0 Å². The van der Waals surface area contributed by atoms with Gasteiger partial charge in [-0.05, 0) is 30.2 Å². The van der Waals surface area contributed by atoms with E-state index in [1.165, 1.54) is 12.1 Å². The van der Waals surface area contributed by atoms with Gasteiger partial charge in [0.1, 0.15) is 13.7 Å². The molecule has 72 valence electrons. The second kappa shape index (κ2) is 3.89. The smallest absolute Gasteiger partial charge is 0.123 e. The molecule has 0 N–H and O–H groups in total. The first kappa shape index (κ1) is 9.97. The largest absolute Gasteiger partial charge is 0.207 e. The predicted octanol–water partition coefficient (Wildman–Crippen LogP) is 2.59. The van der Waals surface area contributed by atoms with Gasteiger partial charge < -0.3 is 0 Å². The molecule has 0 heterocycles. The summed E-state index contributed by atoms with van der Waals surface area (Å²) in [5.41, 5.74) is 3.63. The lowest BCUT2D eigenvalue weighted by Crippen LogP contribution is -2.05. The molecule has 0 nitrogen and oxygen atoms in total. The summed E-state index contributed by atoms with van der Waals surface area (Å²) in [6.45, 7) is 1.94. The van der Waals surface area contributed by atoms with Gasteiger partial charge in [-0.25, -0.2) is 4.39 Å². The molecule has 0 aliphatic carbocycles. The van der Waals surface area contributed by atoms with Gasteiger partial charge in [0.05, 0.1) is 0 Å². The van der Waals surface area contributed by atoms with Crippen LogP contribution >= 0.6 is 0 Å². The lowest BCUT2D eigenvalue weighted by molar-refractivity contribution is 0.628. The maximum atomic E-state index is 13.0. The Morgan fingerprint density at radius 2 is 1.73 bits per heavy atom. The molecule has 0 saturated heterocycles. The molecule has 0 bridgehead atoms. The van der Waals surface area contributed by atoms with E-state index in [0.29, 0.717) is 0 Å². The fourth-order valence-electron chi connectivity index (χ4n) is 1.52. The van der Waals surface area contributed by atoms with Crippen molar-refractivity contribution in [1.29, 1.82) is 0 Å². The van der Waals surface area contributed by atoms with E-state index in [-0.39, 0.29) is 5.82 Å². The quantitative estimate of drug-likeness (QED) is 0.615. The molecule has 15 heavy (non-hydrogen) atoms. The first-order valence-corrected chi connectivity index (χ1v) is 4.79. The van der Waals surface area contributed by atoms with E-state index < -0.39 is 0 Å². The fraction of sp³-hybridized carbons (Fsp3) is 0.0769. The molecule has 0 unspecified atom stereocenters. The Morgan fingerprint density at radius 3 is 2.40 bits per heavy atom. The minimum absolute atomic E-state index is 0.220. The molecule has 2 rings (SSSR count). The van der Waals surface area contributed by atoms with Gasteiger partial charge >= 0.3 is 0 Å². The van der Waals surface area contributed by atoms with Gasteiger partial charge in [0.15, 0.2) is 0 Å². The van der Waals surface area contributed by atoms with Crippen molar-refractivity contribution in [2.24, 2.45) is 0 Å². The average molecular weight is 196 g/mol. The molecule has 0 aliphatic heterocycles. The van der Waals surface area contributed by atoms with Crippen molar-refractivity contribution in [1.82, 2.24) is 0 Å². The summed E-state index contributed by atoms with van der Waals surface area (Å²) in [6.07, 6.45) is 0. The van der Waals surface area contributed by atoms with Crippen molar-refractivity contribution in [3.63, 3.8) is 0 Å². The molecule has 2 aromatic rings. The Kier molecular flexibility index (Phi) is 2.59. The fourth-order valence-corrected chi connectivity index (χ4v) is 1.52. The number of hydrogen-bond donors (Lipinski definition) is 0. The third-order valence-electron chi connectivity index (χ3n) is 2.43. The number of hydrogen-bond acceptors (Lipinski definition) is 0. The third-order valence-corrected chi connectivity index (χ3v) is 2.43. The van der Waals surface area contributed by atoms with E-state index in [4.69, 9.17) is 7.85 Å². The summed E-state index contributed by atoms with van der Waals surface area (Å²) in [4.78, 5) is 0. The molecule has 0 aliphatic rings. The van der Waals surface area contributed by atoms with Crippen molar-refractivity contribution in [2.75, 3.05) is 0 Å². The highest BCUT2D eigenvalue weighted by Gasteiger charge is 2.00. The van der Waals surface area contributed by atoms with Crippen molar-refractivity contribution in [3.8, 4) is 11.1 Å². The van der Waals surface area contributed by atoms with E-state index in [0.717, 1.165) is 22.2 Å². The number of rotatable bonds is 1. The first-order chi connectivity index (χ1) is 7.16. The van der Waals surface area contributed by atoms with Crippen LogP contribution in [0.4, 0.5) is 4.39 Å². The molecule has 0 amide bonds. The second-order valence-electron chi connectivity index (χ2n) is 3.58. The Balaban J connectivity index is 2.50. The SMILES string of the molecule is [B]c1ccc(-c2cccc(F)c2)cc1C. The van der Waals surface area contributed by atoms with E-state index in [2.05, 4.69) is 0 Å². The van der Waals surface area contributed by atoms with Crippen LogP contribution in [0.3, 0.4) is 0 Å². The van der Waals surface area contributed by atoms with Crippen molar-refractivity contribution in [2.45, 2.75) is 6.92 Å². The van der Waals surface area contributed by atoms with Crippen molar-refractivity contribution in [3.05, 3.63) is 53.8 Å². The highest BCUT2D eigenvalue weighted by Crippen LogP contribution is 2.19. The van der Waals surface area contributed by atoms with Gasteiger partial charge in [0.2, 0.25) is 0 Å². The Hall–Kier alpha value is -1.57. The molecule has 2 radical (unpaired) electrons. The monoisotopic (exact) mass is 196 g/mol. The average Bonchev–Trinajstić information content (AvgIpc) is 2.22. The zero-order chi connectivity index (χ0) is 10.8. The van der Waals surface area contributed by atoms with Crippen LogP contribution < -0.4 is 5.46 Å². The maximum absolute atomic E-state index is 13.0. The number of benzene rings is 2. The molecule has 0 saturated carbocycles. The summed E-state index contributed by atoms with van der Waals surface area (Å²) in [5, 5.41) is 0. The van der Waals surface area contributed by atoms with Gasteiger partial charge in [-0.2, -0.15) is 0 Å². The van der Waals surface area contributed by atoms with Gasteiger partial charge in [0.25, 0.3) is 0 Å². The molecule has 0 atom stereocenters. The number of aryl methyl sites for hydroxylation is 1. The Bertz CT molecular complexity index is 492. The van der Waals surface area contributed by atoms with E-state index >= 15 is 0 Å². The Morgan fingerprint density at radius 1 is 1.00 bits per heavy atom. The lowest BCUT2D eigenvalue weighted by atomic mass is 9.89. The van der Waals surface area contributed by atoms with Crippen LogP contribution in [-0.4, -0.2) is 7.85 Å². The highest BCUT2D eigenvalue weighted by molar-refractivity contribution is 6.33. The molecule has 0 spiro atoms. The highest BCUT2D eigenvalue weighted by atomic mass is 19.1. The van der Waals surface area contributed by atoms with Gasteiger partial charge in [0, 0.05) is 0 Å². The molecular formula is C13H10BF. The van der Waals surface area contributed by atoms with Crippen LogP contribution in [0.25, 0.3) is 11.1 Å². The summed E-state index contributed by atoms with van der Waals surface area (Å²) in [5.74, 6) is -0.220. The normalized spacial score (nSPS) is 10.3. The zero-order valence-electron chi connectivity index (χ0n) is 8.50. The van der Waals surface area contributed by atoms with Gasteiger partial charge in [-0.15, -0.1) is 0 Å². The van der Waals surface area contributed by atoms with E-state index in [9.17, 15) is 4.39 Å². The molecule has 2 heteroatoms. The van der Waals surface area contributed by atoms with E-state index in [1.54, 1.807) is 6.07 Å². The zero-order valence-corrected chi connectivity index (χ0v) is 8.50. The molecule has 0 aromatic heterocycles. The van der Waals surface area contributed by atoms with Crippen LogP contribution in [0, 0.1) is 12.7 Å². The maximum Gasteiger partial charge on any atom is 0.123 e. The predicted molar refractivity (Wildman–Crippen MR) is 62.0 cm³/mol. The summed E-state index contributed by atoms with van der Waals surface area (Å²) in [7, 11) is 5.72. The summed E-state index contributed by atoms with van der Waals surface area (Å²) < 4.78 is 13.0. The minimum atomic E-state index is -0.220. The van der Waals surface area contributed by atoms with Gasteiger partial charge in [-0.1, -0.05) is 41.4 Å².